The summed E-state index contributed by atoms with van der Waals surface area (Å²) in [6, 6.07) is 4.55. The van der Waals surface area contributed by atoms with Crippen LogP contribution >= 0.6 is 0 Å². The van der Waals surface area contributed by atoms with Gasteiger partial charge in [-0.15, -0.1) is 0 Å². The van der Waals surface area contributed by atoms with Crippen LogP contribution in [-0.2, 0) is 0 Å². The summed E-state index contributed by atoms with van der Waals surface area (Å²) >= 11 is 0. The minimum Gasteiger partial charge on any atom is -0.495 e. The number of hydrogen-bond donors (Lipinski definition) is 1. The van der Waals surface area contributed by atoms with Gasteiger partial charge >= 0.3 is 0 Å². The van der Waals surface area contributed by atoms with Crippen LogP contribution in [0.4, 0.5) is 10.1 Å². The number of nitrogens with one attached hydrogen (secondary N) is 1. The van der Waals surface area contributed by atoms with E-state index in [2.05, 4.69) is 19.2 Å². The van der Waals surface area contributed by atoms with E-state index in [-0.39, 0.29) is 11.4 Å². The predicted octanol–water partition coefficient (Wildman–Crippen LogP) is 2.27. The van der Waals surface area contributed by atoms with Gasteiger partial charge in [-0.25, -0.2) is 4.39 Å². The van der Waals surface area contributed by atoms with Crippen molar-refractivity contribution in [3.8, 4) is 5.75 Å². The topological polar surface area (TPSA) is 24.5 Å². The Morgan fingerprint density at radius 2 is 2.06 bits per heavy atom. The fourth-order valence-corrected chi connectivity index (χ4v) is 1.80. The summed E-state index contributed by atoms with van der Waals surface area (Å²) in [5.74, 6) is 0.422. The van der Waals surface area contributed by atoms with Crippen LogP contribution in [-0.4, -0.2) is 33.3 Å². The van der Waals surface area contributed by atoms with Crippen LogP contribution in [0.3, 0.4) is 0 Å². The monoisotopic (exact) mass is 240 g/mol. The molecule has 0 aliphatic rings. The van der Waals surface area contributed by atoms with Crippen molar-refractivity contribution in [1.29, 1.82) is 0 Å². The molecule has 1 rings (SSSR count). The number of anilines is 1. The third-order valence-corrected chi connectivity index (χ3v) is 3.02. The molecule has 0 spiro atoms. The van der Waals surface area contributed by atoms with Crippen molar-refractivity contribution in [1.82, 2.24) is 5.32 Å². The number of likely N-dealkylation sites (N-methyl/N-ethyl adjacent to an activating group) is 2. The van der Waals surface area contributed by atoms with E-state index in [1.54, 1.807) is 13.2 Å². The molecule has 1 N–H and O–H groups in total. The molecule has 4 heteroatoms. The minimum atomic E-state index is -0.257. The molecule has 0 aliphatic heterocycles. The lowest BCUT2D eigenvalue weighted by atomic mass is 10.0. The van der Waals surface area contributed by atoms with Gasteiger partial charge in [0.05, 0.1) is 12.8 Å². The van der Waals surface area contributed by atoms with Crippen molar-refractivity contribution < 1.29 is 9.13 Å². The third-order valence-electron chi connectivity index (χ3n) is 3.02. The molecule has 1 aromatic rings. The Bertz CT molecular complexity index is 380. The van der Waals surface area contributed by atoms with E-state index < -0.39 is 0 Å². The molecule has 0 saturated carbocycles. The normalized spacial score (nSPS) is 11.4. The van der Waals surface area contributed by atoms with E-state index in [0.717, 1.165) is 12.2 Å². The lowest BCUT2D eigenvalue weighted by Crippen LogP contribution is -2.48. The first kappa shape index (κ1) is 13.8. The number of ether oxygens (including phenoxy) is 1. The van der Waals surface area contributed by atoms with E-state index in [9.17, 15) is 4.39 Å². The lowest BCUT2D eigenvalue weighted by molar-refractivity contribution is 0.404. The predicted molar refractivity (Wildman–Crippen MR) is 69.4 cm³/mol. The van der Waals surface area contributed by atoms with Gasteiger partial charge in [0.25, 0.3) is 0 Å². The molecule has 3 nitrogen and oxygen atoms in total. The Balaban J connectivity index is 3.09. The molecule has 0 atom stereocenters. The standard InChI is InChI=1S/C13H21FN2O/c1-13(2,9-15-3)16(4)11-8-10(14)6-7-12(11)17-5/h6-8,15H,9H2,1-5H3. The van der Waals surface area contributed by atoms with Gasteiger partial charge in [-0.2, -0.15) is 0 Å². The smallest absolute Gasteiger partial charge is 0.142 e. The SMILES string of the molecule is CNCC(C)(C)N(C)c1cc(F)ccc1OC. The average molecular weight is 240 g/mol. The number of methoxy groups -OCH3 is 1. The van der Waals surface area contributed by atoms with E-state index in [0.29, 0.717) is 5.75 Å². The van der Waals surface area contributed by atoms with Crippen molar-refractivity contribution in [2.45, 2.75) is 19.4 Å². The fourth-order valence-electron chi connectivity index (χ4n) is 1.80. The van der Waals surface area contributed by atoms with E-state index >= 15 is 0 Å². The van der Waals surface area contributed by atoms with Gasteiger partial charge in [0.15, 0.2) is 0 Å². The summed E-state index contributed by atoms with van der Waals surface area (Å²) in [5.41, 5.74) is 0.628. The minimum absolute atomic E-state index is 0.129. The summed E-state index contributed by atoms with van der Waals surface area (Å²) in [6.45, 7) is 4.98. The summed E-state index contributed by atoms with van der Waals surface area (Å²) in [4.78, 5) is 2.02. The van der Waals surface area contributed by atoms with Gasteiger partial charge in [0, 0.05) is 25.2 Å². The molecule has 0 fully saturated rings. The van der Waals surface area contributed by atoms with Crippen LogP contribution in [0.25, 0.3) is 0 Å². The maximum Gasteiger partial charge on any atom is 0.142 e. The van der Waals surface area contributed by atoms with Crippen LogP contribution in [0.5, 0.6) is 5.75 Å². The molecule has 0 unspecified atom stereocenters. The van der Waals surface area contributed by atoms with E-state index in [1.165, 1.54) is 12.1 Å². The van der Waals surface area contributed by atoms with Gasteiger partial charge in [0.2, 0.25) is 0 Å². The molecule has 96 valence electrons. The van der Waals surface area contributed by atoms with Crippen molar-refractivity contribution in [3.05, 3.63) is 24.0 Å². The Labute approximate surface area is 103 Å². The summed E-state index contributed by atoms with van der Waals surface area (Å²) in [6.07, 6.45) is 0. The highest BCUT2D eigenvalue weighted by atomic mass is 19.1. The van der Waals surface area contributed by atoms with Gasteiger partial charge < -0.3 is 15.0 Å². The largest absolute Gasteiger partial charge is 0.495 e. The number of halogens is 1. The van der Waals surface area contributed by atoms with Gasteiger partial charge in [-0.1, -0.05) is 0 Å². The molecule has 0 aliphatic carbocycles. The molecular weight excluding hydrogens is 219 g/mol. The molecule has 0 saturated heterocycles. The number of rotatable bonds is 5. The zero-order valence-corrected chi connectivity index (χ0v) is 11.2. The summed E-state index contributed by atoms with van der Waals surface area (Å²) < 4.78 is 18.6. The maximum atomic E-state index is 13.3. The average Bonchev–Trinajstić information content (AvgIpc) is 2.28. The first-order valence-corrected chi connectivity index (χ1v) is 5.64. The summed E-state index contributed by atoms with van der Waals surface area (Å²) in [7, 11) is 5.43. The van der Waals surface area contributed by atoms with Crippen molar-refractivity contribution >= 4 is 5.69 Å². The number of hydrogen-bond acceptors (Lipinski definition) is 3. The third kappa shape index (κ3) is 3.09. The Hall–Kier alpha value is -1.29. The first-order chi connectivity index (χ1) is 7.92. The maximum absolute atomic E-state index is 13.3. The second-order valence-electron chi connectivity index (χ2n) is 4.72. The zero-order valence-electron chi connectivity index (χ0n) is 11.2. The van der Waals surface area contributed by atoms with Crippen LogP contribution in [0.2, 0.25) is 0 Å². The van der Waals surface area contributed by atoms with Crippen molar-refractivity contribution in [2.24, 2.45) is 0 Å². The van der Waals surface area contributed by atoms with Crippen LogP contribution in [0.15, 0.2) is 18.2 Å². The molecule has 0 aromatic heterocycles. The Morgan fingerprint density at radius 1 is 1.41 bits per heavy atom. The molecule has 0 bridgehead atoms. The highest BCUT2D eigenvalue weighted by Crippen LogP contribution is 2.32. The van der Waals surface area contributed by atoms with Crippen molar-refractivity contribution in [2.75, 3.05) is 32.6 Å². The van der Waals surface area contributed by atoms with Gasteiger partial charge in [0.1, 0.15) is 11.6 Å². The van der Waals surface area contributed by atoms with Crippen LogP contribution in [0, 0.1) is 5.82 Å². The van der Waals surface area contributed by atoms with E-state index in [1.807, 2.05) is 19.0 Å². The zero-order chi connectivity index (χ0) is 13.1. The van der Waals surface area contributed by atoms with Crippen molar-refractivity contribution in [3.63, 3.8) is 0 Å². The van der Waals surface area contributed by atoms with Gasteiger partial charge in [-0.3, -0.25) is 0 Å². The Morgan fingerprint density at radius 3 is 2.59 bits per heavy atom. The fraction of sp³-hybridized carbons (Fsp3) is 0.538. The highest BCUT2D eigenvalue weighted by molar-refractivity contribution is 5.59. The highest BCUT2D eigenvalue weighted by Gasteiger charge is 2.25. The molecule has 0 amide bonds. The second kappa shape index (κ2) is 5.36. The Kier molecular flexibility index (Phi) is 4.34. The molecule has 0 heterocycles. The first-order valence-electron chi connectivity index (χ1n) is 5.64. The van der Waals surface area contributed by atoms with Crippen LogP contribution in [0.1, 0.15) is 13.8 Å². The van der Waals surface area contributed by atoms with Gasteiger partial charge in [-0.05, 0) is 33.0 Å². The lowest BCUT2D eigenvalue weighted by Gasteiger charge is -2.38. The molecular formula is C13H21FN2O. The molecule has 17 heavy (non-hydrogen) atoms. The number of nitrogens with zero attached hydrogens (tertiary/aromatic N) is 1. The quantitative estimate of drug-likeness (QED) is 0.854. The molecule has 1 aromatic carbocycles. The summed E-state index contributed by atoms with van der Waals surface area (Å²) in [5, 5.41) is 3.13. The second-order valence-corrected chi connectivity index (χ2v) is 4.72. The number of benzene rings is 1. The molecule has 0 radical (unpaired) electrons. The van der Waals surface area contributed by atoms with Crippen LogP contribution < -0.4 is 15.0 Å². The van der Waals surface area contributed by atoms with E-state index in [4.69, 9.17) is 4.74 Å².